The molecule has 0 aliphatic rings. The number of hydrogen-bond acceptors (Lipinski definition) is 6. The van der Waals surface area contributed by atoms with Crippen LogP contribution in [0, 0.1) is 13.8 Å². The lowest BCUT2D eigenvalue weighted by Crippen LogP contribution is -2.00. The molecule has 0 saturated carbocycles. The van der Waals surface area contributed by atoms with Crippen LogP contribution in [0.2, 0.25) is 0 Å². The summed E-state index contributed by atoms with van der Waals surface area (Å²) in [7, 11) is 0. The molecule has 0 aliphatic carbocycles. The van der Waals surface area contributed by atoms with E-state index in [1.165, 1.54) is 0 Å². The summed E-state index contributed by atoms with van der Waals surface area (Å²) in [6.07, 6.45) is 4.76. The molecule has 0 fully saturated rings. The fourth-order valence-corrected chi connectivity index (χ4v) is 3.87. The maximum absolute atomic E-state index is 4.80. The molecule has 4 aromatic rings. The lowest BCUT2D eigenvalue weighted by atomic mass is 10.1. The summed E-state index contributed by atoms with van der Waals surface area (Å²) < 4.78 is 0. The normalized spacial score (nSPS) is 10.9. The number of hydrogen-bond donors (Lipinski definition) is 0. The summed E-state index contributed by atoms with van der Waals surface area (Å²) in [6.45, 7) is 3.99. The molecular formula is C25H25N5S. The smallest absolute Gasteiger partial charge is 0.179 e. The van der Waals surface area contributed by atoms with E-state index in [4.69, 9.17) is 9.97 Å². The maximum Gasteiger partial charge on any atom is 0.179 e. The zero-order chi connectivity index (χ0) is 21.6. The van der Waals surface area contributed by atoms with Crippen LogP contribution in [0.5, 0.6) is 0 Å². The first-order chi connectivity index (χ1) is 15.1. The van der Waals surface area contributed by atoms with Crippen LogP contribution in [0.1, 0.15) is 29.2 Å². The second-order valence-electron chi connectivity index (χ2n) is 7.42. The Morgan fingerprint density at radius 2 is 1.26 bits per heavy atom. The third-order valence-electron chi connectivity index (χ3n) is 4.90. The third-order valence-corrected chi connectivity index (χ3v) is 5.53. The van der Waals surface area contributed by atoms with Crippen LogP contribution in [0.3, 0.4) is 0 Å². The number of nitrogens with zero attached hydrogens (tertiary/aromatic N) is 5. The lowest BCUT2D eigenvalue weighted by Gasteiger charge is -2.07. The molecule has 4 aromatic heterocycles. The first kappa shape index (κ1) is 21.1. The van der Waals surface area contributed by atoms with Crippen molar-refractivity contribution < 1.29 is 0 Å². The summed E-state index contributed by atoms with van der Waals surface area (Å²) in [4.78, 5) is 23.4. The zero-order valence-electron chi connectivity index (χ0n) is 18.0. The molecule has 31 heavy (non-hydrogen) atoms. The van der Waals surface area contributed by atoms with E-state index in [-0.39, 0.29) is 0 Å². The average molecular weight is 428 g/mol. The van der Waals surface area contributed by atoms with Gasteiger partial charge in [0.1, 0.15) is 10.7 Å². The van der Waals surface area contributed by atoms with E-state index in [2.05, 4.69) is 33.2 Å². The minimum Gasteiger partial charge on any atom is -0.251 e. The average Bonchev–Trinajstić information content (AvgIpc) is 2.79. The number of aryl methyl sites for hydroxylation is 4. The Balaban J connectivity index is 1.43. The van der Waals surface area contributed by atoms with Gasteiger partial charge < -0.3 is 0 Å². The molecule has 0 saturated heterocycles. The first-order valence-electron chi connectivity index (χ1n) is 10.4. The molecule has 0 aliphatic heterocycles. The van der Waals surface area contributed by atoms with E-state index < -0.39 is 0 Å². The maximum atomic E-state index is 4.80. The molecule has 0 bridgehead atoms. The Kier molecular flexibility index (Phi) is 6.67. The molecule has 0 spiro atoms. The van der Waals surface area contributed by atoms with E-state index in [1.54, 1.807) is 11.8 Å². The van der Waals surface area contributed by atoms with Crippen molar-refractivity contribution in [3.8, 4) is 22.9 Å². The molecule has 4 rings (SSSR count). The van der Waals surface area contributed by atoms with Gasteiger partial charge in [-0.1, -0.05) is 18.2 Å². The highest BCUT2D eigenvalue weighted by molar-refractivity contribution is 7.98. The van der Waals surface area contributed by atoms with Gasteiger partial charge in [0.05, 0.1) is 11.4 Å². The van der Waals surface area contributed by atoms with Crippen LogP contribution < -0.4 is 0 Å². The van der Waals surface area contributed by atoms with Crippen molar-refractivity contribution in [1.29, 1.82) is 0 Å². The standard InChI is InChI=1S/C25H25N5S/c1-17-8-4-13-21(26-17)22-14-6-11-19(28-22)9-5-10-20-12-7-15-23(29-20)25-27-18(2)16-24(30-25)31-3/h4,6-8,11-16H,5,9-10H2,1-3H3. The van der Waals surface area contributed by atoms with Gasteiger partial charge in [-0.2, -0.15) is 0 Å². The molecule has 0 atom stereocenters. The van der Waals surface area contributed by atoms with Gasteiger partial charge in [-0.15, -0.1) is 11.8 Å². The summed E-state index contributed by atoms with van der Waals surface area (Å²) in [5.74, 6) is 0.686. The fourth-order valence-electron chi connectivity index (χ4n) is 3.40. The fraction of sp³-hybridized carbons (Fsp3) is 0.240. The van der Waals surface area contributed by atoms with Crippen molar-refractivity contribution in [1.82, 2.24) is 24.9 Å². The summed E-state index contributed by atoms with van der Waals surface area (Å²) in [6, 6.07) is 20.2. The number of rotatable bonds is 7. The molecule has 0 aromatic carbocycles. The van der Waals surface area contributed by atoms with E-state index in [0.717, 1.165) is 64.1 Å². The largest absolute Gasteiger partial charge is 0.251 e. The molecule has 6 heteroatoms. The van der Waals surface area contributed by atoms with Crippen LogP contribution in [-0.4, -0.2) is 31.2 Å². The first-order valence-corrected chi connectivity index (χ1v) is 11.6. The van der Waals surface area contributed by atoms with Crippen LogP contribution in [0.4, 0.5) is 0 Å². The van der Waals surface area contributed by atoms with E-state index in [0.29, 0.717) is 5.82 Å². The van der Waals surface area contributed by atoms with Crippen LogP contribution in [-0.2, 0) is 12.8 Å². The SMILES string of the molecule is CSc1cc(C)nc(-c2cccc(CCCc3cccc(-c4cccc(C)n4)n3)n2)n1. The van der Waals surface area contributed by atoms with Crippen LogP contribution in [0.25, 0.3) is 22.9 Å². The highest BCUT2D eigenvalue weighted by Gasteiger charge is 2.08. The summed E-state index contributed by atoms with van der Waals surface area (Å²) in [5.41, 5.74) is 6.73. The van der Waals surface area contributed by atoms with Crippen molar-refractivity contribution in [3.05, 3.63) is 83.4 Å². The Bertz CT molecular complexity index is 1190. The zero-order valence-corrected chi connectivity index (χ0v) is 18.9. The Labute approximate surface area is 187 Å². The number of aromatic nitrogens is 5. The van der Waals surface area contributed by atoms with Crippen LogP contribution in [0.15, 0.2) is 65.7 Å². The van der Waals surface area contributed by atoms with Gasteiger partial charge in [0.2, 0.25) is 0 Å². The number of pyridine rings is 3. The van der Waals surface area contributed by atoms with Gasteiger partial charge in [-0.3, -0.25) is 9.97 Å². The Morgan fingerprint density at radius 3 is 1.94 bits per heavy atom. The molecule has 4 heterocycles. The van der Waals surface area contributed by atoms with Gasteiger partial charge in [-0.05, 0) is 81.8 Å². The second kappa shape index (κ2) is 9.79. The van der Waals surface area contributed by atoms with Crippen molar-refractivity contribution in [2.24, 2.45) is 0 Å². The molecule has 0 radical (unpaired) electrons. The Morgan fingerprint density at radius 1 is 0.645 bits per heavy atom. The second-order valence-corrected chi connectivity index (χ2v) is 8.25. The van der Waals surface area contributed by atoms with Gasteiger partial charge in [0.15, 0.2) is 5.82 Å². The molecule has 156 valence electrons. The highest BCUT2D eigenvalue weighted by Crippen LogP contribution is 2.20. The highest BCUT2D eigenvalue weighted by atomic mass is 32.2. The van der Waals surface area contributed by atoms with E-state index in [1.807, 2.05) is 62.6 Å². The molecular weight excluding hydrogens is 402 g/mol. The van der Waals surface area contributed by atoms with Crippen molar-refractivity contribution in [2.75, 3.05) is 6.26 Å². The van der Waals surface area contributed by atoms with Crippen molar-refractivity contribution in [3.63, 3.8) is 0 Å². The monoisotopic (exact) mass is 427 g/mol. The molecule has 0 unspecified atom stereocenters. The molecule has 0 amide bonds. The van der Waals surface area contributed by atoms with Crippen LogP contribution >= 0.6 is 11.8 Å². The number of thioether (sulfide) groups is 1. The predicted octanol–water partition coefficient (Wildman–Crippen LogP) is 5.51. The van der Waals surface area contributed by atoms with Crippen molar-refractivity contribution >= 4 is 11.8 Å². The predicted molar refractivity (Wildman–Crippen MR) is 126 cm³/mol. The van der Waals surface area contributed by atoms with Gasteiger partial charge in [-0.25, -0.2) is 15.0 Å². The molecule has 5 nitrogen and oxygen atoms in total. The quantitative estimate of drug-likeness (QED) is 0.286. The van der Waals surface area contributed by atoms with Crippen molar-refractivity contribution in [2.45, 2.75) is 38.1 Å². The topological polar surface area (TPSA) is 64.5 Å². The molecule has 0 N–H and O–H groups in total. The third kappa shape index (κ3) is 5.52. The minimum atomic E-state index is 0.686. The van der Waals surface area contributed by atoms with Gasteiger partial charge >= 0.3 is 0 Å². The summed E-state index contributed by atoms with van der Waals surface area (Å²) >= 11 is 1.62. The minimum absolute atomic E-state index is 0.686. The van der Waals surface area contributed by atoms with Gasteiger partial charge in [0.25, 0.3) is 0 Å². The Hall–Kier alpha value is -3.12. The van der Waals surface area contributed by atoms with E-state index >= 15 is 0 Å². The summed E-state index contributed by atoms with van der Waals surface area (Å²) in [5, 5.41) is 0.962. The lowest BCUT2D eigenvalue weighted by molar-refractivity contribution is 0.782. The van der Waals surface area contributed by atoms with Gasteiger partial charge in [0, 0.05) is 22.8 Å². The van der Waals surface area contributed by atoms with E-state index in [9.17, 15) is 0 Å².